The maximum absolute atomic E-state index is 12.9. The summed E-state index contributed by atoms with van der Waals surface area (Å²) in [6.45, 7) is 2.65. The van der Waals surface area contributed by atoms with Crippen molar-refractivity contribution in [3.05, 3.63) is 65.7 Å². The van der Waals surface area contributed by atoms with Crippen LogP contribution in [0, 0.1) is 5.82 Å². The topological polar surface area (TPSA) is 50.1 Å². The third-order valence-corrected chi connectivity index (χ3v) is 4.32. The average Bonchev–Trinajstić information content (AvgIpc) is 2.90. The van der Waals surface area contributed by atoms with Crippen LogP contribution in [-0.2, 0) is 13.6 Å². The van der Waals surface area contributed by atoms with Gasteiger partial charge in [-0.1, -0.05) is 24.3 Å². The van der Waals surface area contributed by atoms with Crippen LogP contribution in [0.25, 0.3) is 11.0 Å². The summed E-state index contributed by atoms with van der Waals surface area (Å²) in [5.74, 6) is 0.665. The van der Waals surface area contributed by atoms with Gasteiger partial charge in [-0.05, 0) is 43.2 Å². The summed E-state index contributed by atoms with van der Waals surface area (Å²) in [7, 11) is 2.00. The Labute approximate surface area is 141 Å². The van der Waals surface area contributed by atoms with Crippen molar-refractivity contribution in [2.45, 2.75) is 32.0 Å². The zero-order chi connectivity index (χ0) is 17.1. The van der Waals surface area contributed by atoms with E-state index >= 15 is 0 Å². The van der Waals surface area contributed by atoms with E-state index in [1.165, 1.54) is 12.1 Å². The van der Waals surface area contributed by atoms with Crippen LogP contribution in [0.3, 0.4) is 0 Å². The highest BCUT2D eigenvalue weighted by atomic mass is 19.1. The number of hydrogen-bond donors (Lipinski definition) is 2. The molecule has 2 unspecified atom stereocenters. The van der Waals surface area contributed by atoms with Crippen molar-refractivity contribution in [1.29, 1.82) is 0 Å². The molecule has 2 atom stereocenters. The molecule has 0 radical (unpaired) electrons. The minimum absolute atomic E-state index is 0.102. The van der Waals surface area contributed by atoms with Crippen molar-refractivity contribution in [3.63, 3.8) is 0 Å². The van der Waals surface area contributed by atoms with Gasteiger partial charge >= 0.3 is 0 Å². The SMILES string of the molecule is CC(CC(O)c1ccc(F)cc1)NCc1nc2ccccc2n1C. The van der Waals surface area contributed by atoms with E-state index < -0.39 is 6.10 Å². The highest BCUT2D eigenvalue weighted by molar-refractivity contribution is 5.75. The molecule has 0 amide bonds. The van der Waals surface area contributed by atoms with Crippen molar-refractivity contribution < 1.29 is 9.50 Å². The Bertz CT molecular complexity index is 813. The molecule has 1 aromatic heterocycles. The molecule has 3 rings (SSSR count). The molecule has 0 saturated heterocycles. The number of aliphatic hydroxyl groups is 1. The van der Waals surface area contributed by atoms with Gasteiger partial charge in [0.2, 0.25) is 0 Å². The normalized spacial score (nSPS) is 14.0. The number of aromatic nitrogens is 2. The summed E-state index contributed by atoms with van der Waals surface area (Å²) < 4.78 is 15.0. The van der Waals surface area contributed by atoms with Gasteiger partial charge in [-0.2, -0.15) is 0 Å². The second-order valence-corrected chi connectivity index (χ2v) is 6.16. The molecule has 0 fully saturated rings. The molecule has 126 valence electrons. The van der Waals surface area contributed by atoms with Gasteiger partial charge in [-0.3, -0.25) is 0 Å². The lowest BCUT2D eigenvalue weighted by atomic mass is 10.0. The number of rotatable bonds is 6. The van der Waals surface area contributed by atoms with Crippen LogP contribution >= 0.6 is 0 Å². The molecule has 2 N–H and O–H groups in total. The molecule has 0 aliphatic heterocycles. The number of nitrogens with one attached hydrogen (secondary N) is 1. The third-order valence-electron chi connectivity index (χ3n) is 4.32. The van der Waals surface area contributed by atoms with Crippen molar-refractivity contribution in [1.82, 2.24) is 14.9 Å². The van der Waals surface area contributed by atoms with Gasteiger partial charge in [-0.15, -0.1) is 0 Å². The number of aliphatic hydroxyl groups excluding tert-OH is 1. The van der Waals surface area contributed by atoms with Crippen molar-refractivity contribution in [2.24, 2.45) is 7.05 Å². The predicted molar refractivity (Wildman–Crippen MR) is 93.0 cm³/mol. The largest absolute Gasteiger partial charge is 0.388 e. The van der Waals surface area contributed by atoms with Crippen LogP contribution in [0.2, 0.25) is 0 Å². The Morgan fingerprint density at radius 3 is 2.58 bits per heavy atom. The fourth-order valence-electron chi connectivity index (χ4n) is 2.86. The molecule has 4 nitrogen and oxygen atoms in total. The molecule has 1 heterocycles. The van der Waals surface area contributed by atoms with Crippen LogP contribution in [0.4, 0.5) is 4.39 Å². The highest BCUT2D eigenvalue weighted by Gasteiger charge is 2.14. The number of benzene rings is 2. The lowest BCUT2D eigenvalue weighted by Crippen LogP contribution is -2.28. The molecule has 3 aromatic rings. The second kappa shape index (κ2) is 7.11. The van der Waals surface area contributed by atoms with E-state index in [1.807, 2.05) is 38.2 Å². The van der Waals surface area contributed by atoms with Crippen LogP contribution in [0.1, 0.15) is 30.8 Å². The fraction of sp³-hybridized carbons (Fsp3) is 0.316. The standard InChI is InChI=1S/C19H22FN3O/c1-13(11-18(24)14-7-9-15(20)10-8-14)21-12-19-22-16-5-3-4-6-17(16)23(19)2/h3-10,13,18,21,24H,11-12H2,1-2H3. The smallest absolute Gasteiger partial charge is 0.123 e. The highest BCUT2D eigenvalue weighted by Crippen LogP contribution is 2.19. The van der Waals surface area contributed by atoms with E-state index in [0.717, 1.165) is 22.4 Å². The van der Waals surface area contributed by atoms with E-state index in [2.05, 4.69) is 14.9 Å². The minimum Gasteiger partial charge on any atom is -0.388 e. The summed E-state index contributed by atoms with van der Waals surface area (Å²) in [5.41, 5.74) is 2.82. The molecule has 0 aliphatic carbocycles. The Morgan fingerprint density at radius 2 is 1.88 bits per heavy atom. The Kier molecular flexibility index (Phi) is 4.92. The van der Waals surface area contributed by atoms with Gasteiger partial charge in [-0.25, -0.2) is 9.37 Å². The van der Waals surface area contributed by atoms with Gasteiger partial charge in [0, 0.05) is 13.1 Å². The monoisotopic (exact) mass is 327 g/mol. The van der Waals surface area contributed by atoms with E-state index in [1.54, 1.807) is 12.1 Å². The quantitative estimate of drug-likeness (QED) is 0.730. The molecule has 0 saturated carbocycles. The zero-order valence-electron chi connectivity index (χ0n) is 13.9. The van der Waals surface area contributed by atoms with Crippen molar-refractivity contribution in [2.75, 3.05) is 0 Å². The fourth-order valence-corrected chi connectivity index (χ4v) is 2.86. The zero-order valence-corrected chi connectivity index (χ0v) is 13.9. The Balaban J connectivity index is 1.59. The predicted octanol–water partition coefficient (Wildman–Crippen LogP) is 3.31. The van der Waals surface area contributed by atoms with E-state index in [9.17, 15) is 9.50 Å². The molecule has 24 heavy (non-hydrogen) atoms. The van der Waals surface area contributed by atoms with Gasteiger partial charge in [0.1, 0.15) is 11.6 Å². The van der Waals surface area contributed by atoms with Crippen molar-refractivity contribution in [3.8, 4) is 0 Å². The molecular formula is C19H22FN3O. The summed E-state index contributed by atoms with van der Waals surface area (Å²) in [6.07, 6.45) is -0.0659. The number of aryl methyl sites for hydroxylation is 1. The molecule has 0 bridgehead atoms. The number of fused-ring (bicyclic) bond motifs is 1. The maximum Gasteiger partial charge on any atom is 0.123 e. The van der Waals surface area contributed by atoms with Crippen LogP contribution in [-0.4, -0.2) is 20.7 Å². The van der Waals surface area contributed by atoms with Gasteiger partial charge < -0.3 is 15.0 Å². The average molecular weight is 327 g/mol. The van der Waals surface area contributed by atoms with E-state index in [4.69, 9.17) is 0 Å². The minimum atomic E-state index is -0.617. The third kappa shape index (κ3) is 3.63. The number of nitrogens with zero attached hydrogens (tertiary/aromatic N) is 2. The summed E-state index contributed by atoms with van der Waals surface area (Å²) in [4.78, 5) is 4.63. The maximum atomic E-state index is 12.9. The first-order valence-corrected chi connectivity index (χ1v) is 8.12. The first kappa shape index (κ1) is 16.6. The van der Waals surface area contributed by atoms with Crippen LogP contribution < -0.4 is 5.32 Å². The second-order valence-electron chi connectivity index (χ2n) is 6.16. The summed E-state index contributed by atoms with van der Waals surface area (Å²) in [5, 5.41) is 13.7. The number of para-hydroxylation sites is 2. The summed E-state index contributed by atoms with van der Waals surface area (Å²) in [6, 6.07) is 14.1. The van der Waals surface area contributed by atoms with Crippen molar-refractivity contribution >= 4 is 11.0 Å². The van der Waals surface area contributed by atoms with Crippen LogP contribution in [0.15, 0.2) is 48.5 Å². The lowest BCUT2D eigenvalue weighted by molar-refractivity contribution is 0.153. The first-order valence-electron chi connectivity index (χ1n) is 8.12. The number of halogens is 1. The molecule has 5 heteroatoms. The Hall–Kier alpha value is -2.24. The number of imidazole rings is 1. The number of hydrogen-bond acceptors (Lipinski definition) is 3. The van der Waals surface area contributed by atoms with Gasteiger partial charge in [0.05, 0.1) is 23.7 Å². The Morgan fingerprint density at radius 1 is 1.17 bits per heavy atom. The molecule has 0 aliphatic rings. The van der Waals surface area contributed by atoms with Crippen LogP contribution in [0.5, 0.6) is 0 Å². The lowest BCUT2D eigenvalue weighted by Gasteiger charge is -2.18. The molecule has 2 aromatic carbocycles. The molecule has 0 spiro atoms. The van der Waals surface area contributed by atoms with Gasteiger partial charge in [0.25, 0.3) is 0 Å². The van der Waals surface area contributed by atoms with E-state index in [0.29, 0.717) is 13.0 Å². The molecular weight excluding hydrogens is 305 g/mol. The first-order chi connectivity index (χ1) is 11.5. The summed E-state index contributed by atoms with van der Waals surface area (Å²) >= 11 is 0. The van der Waals surface area contributed by atoms with E-state index in [-0.39, 0.29) is 11.9 Å². The van der Waals surface area contributed by atoms with Gasteiger partial charge in [0.15, 0.2) is 0 Å².